The molecule has 23 heavy (non-hydrogen) atoms. The van der Waals surface area contributed by atoms with Gasteiger partial charge in [-0.2, -0.15) is 0 Å². The Bertz CT molecular complexity index is 721. The molecule has 1 amide bonds. The molecule has 5 nitrogen and oxygen atoms in total. The number of aromatic nitrogens is 1. The maximum absolute atomic E-state index is 12.4. The molecule has 2 N–H and O–H groups in total. The summed E-state index contributed by atoms with van der Waals surface area (Å²) < 4.78 is 0. The Balaban J connectivity index is 0.00000192. The molecule has 1 aliphatic heterocycles. The number of benzene rings is 1. The van der Waals surface area contributed by atoms with Crippen molar-refractivity contribution in [3.63, 3.8) is 0 Å². The highest BCUT2D eigenvalue weighted by molar-refractivity contribution is 6.29. The van der Waals surface area contributed by atoms with Crippen LogP contribution in [0.2, 0.25) is 5.15 Å². The van der Waals surface area contributed by atoms with Crippen LogP contribution >= 0.6 is 11.6 Å². The fourth-order valence-corrected chi connectivity index (χ4v) is 2.64. The number of hydrogen-bond acceptors (Lipinski definition) is 3. The van der Waals surface area contributed by atoms with Gasteiger partial charge in [0.05, 0.1) is 44.1 Å². The molecule has 1 aromatic heterocycles. The molecule has 0 unspecified atom stereocenters. The SMILES string of the molecule is C[NH+](C)CCN1c2ccccc2C(=O)Nc2ccc(Cl)nc21.[Cl-]. The van der Waals surface area contributed by atoms with Crippen molar-refractivity contribution in [1.82, 2.24) is 4.98 Å². The van der Waals surface area contributed by atoms with Crippen LogP contribution in [-0.4, -0.2) is 38.1 Å². The maximum Gasteiger partial charge on any atom is 0.257 e. The summed E-state index contributed by atoms with van der Waals surface area (Å²) in [5, 5.41) is 3.33. The van der Waals surface area contributed by atoms with Crippen LogP contribution in [0.15, 0.2) is 36.4 Å². The lowest BCUT2D eigenvalue weighted by Gasteiger charge is -2.25. The Morgan fingerprint density at radius 3 is 2.70 bits per heavy atom. The fraction of sp³-hybridized carbons (Fsp3) is 0.250. The maximum atomic E-state index is 12.4. The molecule has 7 heteroatoms. The first-order valence-electron chi connectivity index (χ1n) is 7.20. The van der Waals surface area contributed by atoms with Crippen molar-refractivity contribution in [3.05, 3.63) is 47.1 Å². The van der Waals surface area contributed by atoms with Crippen molar-refractivity contribution >= 4 is 34.7 Å². The van der Waals surface area contributed by atoms with Crippen molar-refractivity contribution in [2.24, 2.45) is 0 Å². The Labute approximate surface area is 146 Å². The smallest absolute Gasteiger partial charge is 0.257 e. The van der Waals surface area contributed by atoms with Crippen molar-refractivity contribution in [2.75, 3.05) is 37.4 Å². The standard InChI is InChI=1S/C16H17ClN4O.ClH/c1-20(2)9-10-21-13-6-4-3-5-11(13)16(22)18-12-7-8-14(17)19-15(12)21;/h3-8H,9-10H2,1-2H3,(H,18,22);1H. The molecule has 0 bridgehead atoms. The molecule has 2 aromatic rings. The lowest BCUT2D eigenvalue weighted by Crippen LogP contribution is -3.06. The zero-order valence-electron chi connectivity index (χ0n) is 12.9. The van der Waals surface area contributed by atoms with E-state index in [4.69, 9.17) is 11.6 Å². The monoisotopic (exact) mass is 352 g/mol. The first-order chi connectivity index (χ1) is 10.6. The number of rotatable bonds is 3. The summed E-state index contributed by atoms with van der Waals surface area (Å²) in [5.41, 5.74) is 2.18. The predicted molar refractivity (Wildman–Crippen MR) is 88.3 cm³/mol. The molecule has 0 saturated heterocycles. The third-order valence-corrected chi connectivity index (χ3v) is 3.83. The van der Waals surface area contributed by atoms with E-state index in [0.717, 1.165) is 18.8 Å². The summed E-state index contributed by atoms with van der Waals surface area (Å²) in [5.74, 6) is 0.563. The molecule has 1 aliphatic rings. The second-order valence-corrected chi connectivity index (χ2v) is 5.97. The summed E-state index contributed by atoms with van der Waals surface area (Å²) in [7, 11) is 4.19. The normalized spacial score (nSPS) is 12.9. The third kappa shape index (κ3) is 3.58. The average Bonchev–Trinajstić information content (AvgIpc) is 2.60. The van der Waals surface area contributed by atoms with E-state index < -0.39 is 0 Å². The number of amides is 1. The minimum Gasteiger partial charge on any atom is -1.00 e. The number of quaternary nitrogens is 1. The van der Waals surface area contributed by atoms with Crippen LogP contribution in [0.5, 0.6) is 0 Å². The van der Waals surface area contributed by atoms with Crippen molar-refractivity contribution < 1.29 is 22.1 Å². The lowest BCUT2D eigenvalue weighted by atomic mass is 10.1. The zero-order valence-corrected chi connectivity index (χ0v) is 14.4. The van der Waals surface area contributed by atoms with Gasteiger partial charge in [0.1, 0.15) is 5.15 Å². The molecule has 0 spiro atoms. The summed E-state index contributed by atoms with van der Waals surface area (Å²) in [6.45, 7) is 1.66. The van der Waals surface area contributed by atoms with Crippen LogP contribution in [-0.2, 0) is 0 Å². The number of hydrogen-bond donors (Lipinski definition) is 2. The summed E-state index contributed by atoms with van der Waals surface area (Å²) in [6, 6.07) is 11.0. The quantitative estimate of drug-likeness (QED) is 0.667. The van der Waals surface area contributed by atoms with Gasteiger partial charge in [-0.1, -0.05) is 23.7 Å². The second-order valence-electron chi connectivity index (χ2n) is 5.59. The zero-order chi connectivity index (χ0) is 15.7. The van der Waals surface area contributed by atoms with Gasteiger partial charge < -0.3 is 27.5 Å². The Kier molecular flexibility index (Phi) is 5.46. The number of likely N-dealkylation sites (N-methyl/N-ethyl adjacent to an activating group) is 1. The number of nitrogens with zero attached hydrogens (tertiary/aromatic N) is 2. The Morgan fingerprint density at radius 1 is 1.22 bits per heavy atom. The van der Waals surface area contributed by atoms with E-state index >= 15 is 0 Å². The minimum absolute atomic E-state index is 0. The highest BCUT2D eigenvalue weighted by Gasteiger charge is 2.26. The summed E-state index contributed by atoms with van der Waals surface area (Å²) in [6.07, 6.45) is 0. The molecule has 0 atom stereocenters. The molecular formula is C16H18Cl2N4O. The fourth-order valence-electron chi connectivity index (χ4n) is 2.50. The minimum atomic E-state index is -0.124. The summed E-state index contributed by atoms with van der Waals surface area (Å²) in [4.78, 5) is 20.2. The van der Waals surface area contributed by atoms with E-state index in [2.05, 4.69) is 29.3 Å². The van der Waals surface area contributed by atoms with E-state index in [-0.39, 0.29) is 18.3 Å². The van der Waals surface area contributed by atoms with Crippen LogP contribution in [0.25, 0.3) is 0 Å². The third-order valence-electron chi connectivity index (χ3n) is 3.62. The number of halogens is 2. The van der Waals surface area contributed by atoms with E-state index in [9.17, 15) is 4.79 Å². The topological polar surface area (TPSA) is 49.7 Å². The van der Waals surface area contributed by atoms with Crippen LogP contribution < -0.4 is 27.5 Å². The number of anilines is 3. The number of nitrogens with one attached hydrogen (secondary N) is 2. The Hall–Kier alpha value is -1.82. The second kappa shape index (κ2) is 7.17. The molecule has 2 heterocycles. The van der Waals surface area contributed by atoms with Gasteiger partial charge in [0.25, 0.3) is 5.91 Å². The van der Waals surface area contributed by atoms with E-state index in [1.165, 1.54) is 4.90 Å². The van der Waals surface area contributed by atoms with E-state index in [1.807, 2.05) is 24.3 Å². The molecule has 0 aliphatic carbocycles. The molecule has 122 valence electrons. The largest absolute Gasteiger partial charge is 1.00 e. The number of para-hydroxylation sites is 1. The van der Waals surface area contributed by atoms with Gasteiger partial charge in [0.2, 0.25) is 0 Å². The van der Waals surface area contributed by atoms with Crippen molar-refractivity contribution in [1.29, 1.82) is 0 Å². The van der Waals surface area contributed by atoms with Crippen LogP contribution in [0.3, 0.4) is 0 Å². The van der Waals surface area contributed by atoms with Crippen molar-refractivity contribution in [3.8, 4) is 0 Å². The predicted octanol–water partition coefficient (Wildman–Crippen LogP) is -1.41. The van der Waals surface area contributed by atoms with Gasteiger partial charge in [-0.25, -0.2) is 4.98 Å². The van der Waals surface area contributed by atoms with E-state index in [0.29, 0.717) is 22.2 Å². The molecular weight excluding hydrogens is 335 g/mol. The number of pyridine rings is 1. The molecule has 0 fully saturated rings. The van der Waals surface area contributed by atoms with Gasteiger partial charge in [0, 0.05) is 0 Å². The van der Waals surface area contributed by atoms with Crippen LogP contribution in [0, 0.1) is 0 Å². The van der Waals surface area contributed by atoms with Gasteiger partial charge in [-0.05, 0) is 24.3 Å². The summed E-state index contributed by atoms with van der Waals surface area (Å²) >= 11 is 6.07. The number of fused-ring (bicyclic) bond motifs is 2. The van der Waals surface area contributed by atoms with Gasteiger partial charge in [-0.15, -0.1) is 0 Å². The first kappa shape index (κ1) is 17.5. The van der Waals surface area contributed by atoms with Crippen molar-refractivity contribution in [2.45, 2.75) is 0 Å². The van der Waals surface area contributed by atoms with Gasteiger partial charge in [-0.3, -0.25) is 4.79 Å². The Morgan fingerprint density at radius 2 is 1.96 bits per heavy atom. The average molecular weight is 353 g/mol. The van der Waals surface area contributed by atoms with Crippen LogP contribution in [0.4, 0.5) is 17.2 Å². The highest BCUT2D eigenvalue weighted by Crippen LogP contribution is 2.36. The van der Waals surface area contributed by atoms with Gasteiger partial charge >= 0.3 is 0 Å². The number of carbonyl (C=O) groups is 1. The number of carbonyl (C=O) groups excluding carboxylic acids is 1. The molecule has 0 radical (unpaired) electrons. The highest BCUT2D eigenvalue weighted by atomic mass is 35.5. The molecule has 1 aromatic carbocycles. The molecule has 0 saturated carbocycles. The van der Waals surface area contributed by atoms with E-state index in [1.54, 1.807) is 12.1 Å². The lowest BCUT2D eigenvalue weighted by molar-refractivity contribution is -0.856. The first-order valence-corrected chi connectivity index (χ1v) is 7.57. The van der Waals surface area contributed by atoms with Crippen LogP contribution in [0.1, 0.15) is 10.4 Å². The van der Waals surface area contributed by atoms with Gasteiger partial charge in [0.15, 0.2) is 5.82 Å². The molecule has 3 rings (SSSR count).